The summed E-state index contributed by atoms with van der Waals surface area (Å²) in [4.78, 5) is 2.09. The fraction of sp³-hybridized carbons (Fsp3) is 0.296. The highest BCUT2D eigenvalue weighted by molar-refractivity contribution is 7.90. The molecule has 1 atom stereocenters. The molecule has 1 heterocycles. The first-order chi connectivity index (χ1) is 16.4. The highest BCUT2D eigenvalue weighted by Crippen LogP contribution is 2.44. The molecule has 0 saturated carbocycles. The summed E-state index contributed by atoms with van der Waals surface area (Å²) in [5, 5.41) is 0.626. The summed E-state index contributed by atoms with van der Waals surface area (Å²) in [7, 11) is -3.90. The summed E-state index contributed by atoms with van der Waals surface area (Å²) < 4.78 is 37.3. The van der Waals surface area contributed by atoms with E-state index in [9.17, 15) is 8.42 Å². The minimum absolute atomic E-state index is 0.181. The highest BCUT2D eigenvalue weighted by atomic mass is 35.5. The molecule has 3 aromatic carbocycles. The molecule has 1 aliphatic heterocycles. The minimum Gasteiger partial charge on any atom is -0.464 e. The van der Waals surface area contributed by atoms with Crippen LogP contribution in [-0.2, 0) is 10.0 Å². The molecule has 5 nitrogen and oxygen atoms in total. The largest absolute Gasteiger partial charge is 0.464 e. The molecule has 0 spiro atoms. The number of halogens is 1. The first kappa shape index (κ1) is 24.3. The minimum atomic E-state index is -3.90. The molecule has 0 fully saturated rings. The Bertz CT molecular complexity index is 1260. The third-order valence-corrected chi connectivity index (χ3v) is 7.40. The van der Waals surface area contributed by atoms with Gasteiger partial charge in [0.2, 0.25) is 6.23 Å². The van der Waals surface area contributed by atoms with Crippen molar-refractivity contribution >= 4 is 33.1 Å². The van der Waals surface area contributed by atoms with Gasteiger partial charge in [0.25, 0.3) is 10.0 Å². The fourth-order valence-corrected chi connectivity index (χ4v) is 5.16. The Kier molecular flexibility index (Phi) is 7.59. The number of fused-ring (bicyclic) bond motifs is 1. The second kappa shape index (κ2) is 10.6. The zero-order chi connectivity index (χ0) is 24.1. The van der Waals surface area contributed by atoms with Gasteiger partial charge >= 0.3 is 0 Å². The van der Waals surface area contributed by atoms with Crippen LogP contribution < -0.4 is 9.64 Å². The van der Waals surface area contributed by atoms with Crippen LogP contribution in [0.4, 0.5) is 5.69 Å². The lowest BCUT2D eigenvalue weighted by Gasteiger charge is -2.27. The van der Waals surface area contributed by atoms with Crippen molar-refractivity contribution in [2.45, 2.75) is 57.1 Å². The summed E-state index contributed by atoms with van der Waals surface area (Å²) in [6, 6.07) is 21.8. The van der Waals surface area contributed by atoms with Crippen LogP contribution in [0.25, 0.3) is 0 Å². The van der Waals surface area contributed by atoms with Gasteiger partial charge in [-0.05, 0) is 49.7 Å². The standard InChI is InChI=1S/C27H29ClN2O3S/c1-3-4-5-6-11-26(29-34(31,32)23-18-12-20(2)13-19-23)30-24-9-7-8-10-25(24)33-27(30)21-14-16-22(28)17-15-21/h7-10,12-19,27H,3-6,11H2,1-2H3/b29-26+. The molecule has 0 aliphatic carbocycles. The normalized spacial score (nSPS) is 15.8. The van der Waals surface area contributed by atoms with Crippen LogP contribution in [0.3, 0.4) is 0 Å². The number of unbranched alkanes of at least 4 members (excludes halogenated alkanes) is 3. The summed E-state index contributed by atoms with van der Waals surface area (Å²) in [5.41, 5.74) is 2.66. The number of hydrogen-bond acceptors (Lipinski definition) is 3. The zero-order valence-corrected chi connectivity index (χ0v) is 21.0. The van der Waals surface area contributed by atoms with E-state index in [1.165, 1.54) is 0 Å². The van der Waals surface area contributed by atoms with Crippen molar-refractivity contribution in [3.05, 3.63) is 88.9 Å². The lowest BCUT2D eigenvalue weighted by molar-refractivity contribution is 0.242. The quantitative estimate of drug-likeness (QED) is 0.186. The van der Waals surface area contributed by atoms with E-state index in [0.717, 1.165) is 42.5 Å². The van der Waals surface area contributed by atoms with Crippen molar-refractivity contribution in [3.8, 4) is 5.75 Å². The van der Waals surface area contributed by atoms with Gasteiger partial charge in [0, 0.05) is 17.0 Å². The van der Waals surface area contributed by atoms with E-state index in [-0.39, 0.29) is 4.90 Å². The summed E-state index contributed by atoms with van der Waals surface area (Å²) in [6.07, 6.45) is 4.01. The number of aryl methyl sites for hydroxylation is 1. The SMILES string of the molecule is CCCCCC/C(=N\S(=O)(=O)c1ccc(C)cc1)N1c2ccccc2OC1c1ccc(Cl)cc1. The van der Waals surface area contributed by atoms with Gasteiger partial charge in [0.05, 0.1) is 10.6 Å². The van der Waals surface area contributed by atoms with E-state index in [1.807, 2.05) is 60.4 Å². The van der Waals surface area contributed by atoms with Gasteiger partial charge in [-0.3, -0.25) is 4.90 Å². The second-order valence-corrected chi connectivity index (χ2v) is 10.5. The van der Waals surface area contributed by atoms with E-state index >= 15 is 0 Å². The number of rotatable bonds is 8. The second-order valence-electron chi connectivity index (χ2n) is 8.47. The fourth-order valence-electron chi connectivity index (χ4n) is 4.00. The smallest absolute Gasteiger partial charge is 0.283 e. The number of benzene rings is 3. The van der Waals surface area contributed by atoms with Gasteiger partial charge in [-0.1, -0.05) is 79.7 Å². The van der Waals surface area contributed by atoms with Gasteiger partial charge in [-0.2, -0.15) is 8.42 Å². The van der Waals surface area contributed by atoms with E-state index in [2.05, 4.69) is 11.3 Å². The third kappa shape index (κ3) is 5.45. The van der Waals surface area contributed by atoms with Crippen molar-refractivity contribution in [2.24, 2.45) is 4.40 Å². The van der Waals surface area contributed by atoms with Crippen LogP contribution >= 0.6 is 11.6 Å². The molecular formula is C27H29ClN2O3S. The maximum atomic E-state index is 13.3. The van der Waals surface area contributed by atoms with E-state index < -0.39 is 16.3 Å². The number of para-hydroxylation sites is 2. The van der Waals surface area contributed by atoms with Gasteiger partial charge in [-0.25, -0.2) is 0 Å². The molecule has 1 aliphatic rings. The average Bonchev–Trinajstić information content (AvgIpc) is 3.21. The van der Waals surface area contributed by atoms with E-state index in [1.54, 1.807) is 24.3 Å². The van der Waals surface area contributed by atoms with Crippen LogP contribution in [-0.4, -0.2) is 14.3 Å². The summed E-state index contributed by atoms with van der Waals surface area (Å²) in [6.45, 7) is 4.08. The maximum Gasteiger partial charge on any atom is 0.283 e. The lowest BCUT2D eigenvalue weighted by atomic mass is 10.1. The zero-order valence-electron chi connectivity index (χ0n) is 19.4. The molecule has 1 unspecified atom stereocenters. The number of ether oxygens (including phenoxy) is 1. The Morgan fingerprint density at radius 3 is 2.38 bits per heavy atom. The Morgan fingerprint density at radius 2 is 1.68 bits per heavy atom. The molecule has 0 amide bonds. The van der Waals surface area contributed by atoms with E-state index in [4.69, 9.17) is 16.3 Å². The molecule has 178 valence electrons. The predicted molar refractivity (Wildman–Crippen MR) is 138 cm³/mol. The van der Waals surface area contributed by atoms with Crippen LogP contribution in [0.15, 0.2) is 82.1 Å². The molecule has 4 rings (SSSR count). The number of amidine groups is 1. The van der Waals surface area contributed by atoms with Crippen molar-refractivity contribution in [1.82, 2.24) is 0 Å². The van der Waals surface area contributed by atoms with Crippen molar-refractivity contribution in [1.29, 1.82) is 0 Å². The van der Waals surface area contributed by atoms with E-state index in [0.29, 0.717) is 23.0 Å². The van der Waals surface area contributed by atoms with Gasteiger partial charge < -0.3 is 4.74 Å². The Balaban J connectivity index is 1.79. The van der Waals surface area contributed by atoms with Crippen LogP contribution in [0.1, 0.15) is 56.4 Å². The number of nitrogens with zero attached hydrogens (tertiary/aromatic N) is 2. The van der Waals surface area contributed by atoms with Crippen molar-refractivity contribution in [2.75, 3.05) is 4.90 Å². The summed E-state index contributed by atoms with van der Waals surface area (Å²) in [5.74, 6) is 1.16. The summed E-state index contributed by atoms with van der Waals surface area (Å²) >= 11 is 6.11. The number of sulfonamides is 1. The predicted octanol–water partition coefficient (Wildman–Crippen LogP) is 7.30. The topological polar surface area (TPSA) is 59.0 Å². The highest BCUT2D eigenvalue weighted by Gasteiger charge is 2.36. The number of anilines is 1. The Labute approximate surface area is 207 Å². The third-order valence-electron chi connectivity index (χ3n) is 5.83. The molecule has 7 heteroatoms. The van der Waals surface area contributed by atoms with Gasteiger partial charge in [0.1, 0.15) is 11.6 Å². The van der Waals surface area contributed by atoms with Crippen molar-refractivity contribution < 1.29 is 13.2 Å². The van der Waals surface area contributed by atoms with Gasteiger partial charge in [0.15, 0.2) is 0 Å². The lowest BCUT2D eigenvalue weighted by Crippen LogP contribution is -2.34. The van der Waals surface area contributed by atoms with Crippen molar-refractivity contribution in [3.63, 3.8) is 0 Å². The first-order valence-corrected chi connectivity index (χ1v) is 13.4. The molecule has 3 aromatic rings. The monoisotopic (exact) mass is 496 g/mol. The molecule has 0 saturated heterocycles. The Hall–Kier alpha value is -2.83. The average molecular weight is 497 g/mol. The van der Waals surface area contributed by atoms with Gasteiger partial charge in [-0.15, -0.1) is 4.40 Å². The van der Waals surface area contributed by atoms with Crippen LogP contribution in [0.2, 0.25) is 5.02 Å². The molecule has 0 N–H and O–H groups in total. The number of hydrogen-bond donors (Lipinski definition) is 0. The van der Waals surface area contributed by atoms with Crippen LogP contribution in [0.5, 0.6) is 5.75 Å². The molecule has 0 aromatic heterocycles. The molecule has 34 heavy (non-hydrogen) atoms. The van der Waals surface area contributed by atoms with Crippen LogP contribution in [0, 0.1) is 6.92 Å². The maximum absolute atomic E-state index is 13.3. The molecular weight excluding hydrogens is 468 g/mol. The molecule has 0 bridgehead atoms. The molecule has 0 radical (unpaired) electrons. The Morgan fingerprint density at radius 1 is 0.971 bits per heavy atom. The first-order valence-electron chi connectivity index (χ1n) is 11.6.